The molecule has 2 rings (SSSR count). The summed E-state index contributed by atoms with van der Waals surface area (Å²) in [6.07, 6.45) is 0. The number of carbonyl (C=O) groups excluding carboxylic acids is 1. The van der Waals surface area contributed by atoms with E-state index in [0.29, 0.717) is 11.4 Å². The van der Waals surface area contributed by atoms with Crippen LogP contribution < -0.4 is 5.06 Å². The molecule has 0 bridgehead atoms. The Hall–Kier alpha value is -1.00. The zero-order valence-corrected chi connectivity index (χ0v) is 7.97. The molecule has 1 aromatic rings. The van der Waals surface area contributed by atoms with Crippen LogP contribution in [0.15, 0.2) is 23.1 Å². The van der Waals surface area contributed by atoms with Crippen LogP contribution in [-0.4, -0.2) is 16.9 Å². The summed E-state index contributed by atoms with van der Waals surface area (Å²) >= 11 is 1.46. The van der Waals surface area contributed by atoms with Crippen LogP contribution in [0.25, 0.3) is 0 Å². The average molecular weight is 195 g/mol. The minimum atomic E-state index is -0.263. The normalized spacial score (nSPS) is 15.8. The minimum Gasteiger partial charge on any atom is -0.281 e. The van der Waals surface area contributed by atoms with Gasteiger partial charge in [0.2, 0.25) is 0 Å². The largest absolute Gasteiger partial charge is 0.281 e. The number of aryl methyl sites for hydroxylation is 1. The Morgan fingerprint density at radius 3 is 3.08 bits per heavy atom. The molecule has 0 spiro atoms. The van der Waals surface area contributed by atoms with Gasteiger partial charge in [-0.15, -0.1) is 11.8 Å². The summed E-state index contributed by atoms with van der Waals surface area (Å²) in [4.78, 5) is 12.1. The Morgan fingerprint density at radius 2 is 2.31 bits per heavy atom. The van der Waals surface area contributed by atoms with Gasteiger partial charge in [-0.2, -0.15) is 5.06 Å². The standard InChI is InChI=1S/C9H9NO2S/c1-6-2-3-7-8(4-6)13-5-9(11)10(7)12/h2-4,12H,5H2,1H3. The van der Waals surface area contributed by atoms with Gasteiger partial charge in [-0.05, 0) is 24.6 Å². The molecule has 13 heavy (non-hydrogen) atoms. The molecule has 0 aromatic heterocycles. The second-order valence-corrected chi connectivity index (χ2v) is 3.98. The number of benzene rings is 1. The molecule has 1 amide bonds. The van der Waals surface area contributed by atoms with Crippen LogP contribution in [0.2, 0.25) is 0 Å². The van der Waals surface area contributed by atoms with Crippen molar-refractivity contribution in [3.8, 4) is 0 Å². The van der Waals surface area contributed by atoms with Gasteiger partial charge in [-0.25, -0.2) is 0 Å². The summed E-state index contributed by atoms with van der Waals surface area (Å²) in [6.45, 7) is 1.99. The number of fused-ring (bicyclic) bond motifs is 1. The van der Waals surface area contributed by atoms with Gasteiger partial charge in [0, 0.05) is 4.90 Å². The summed E-state index contributed by atoms with van der Waals surface area (Å²) in [5.41, 5.74) is 1.72. The molecular weight excluding hydrogens is 186 g/mol. The molecule has 1 heterocycles. The highest BCUT2D eigenvalue weighted by molar-refractivity contribution is 8.00. The van der Waals surface area contributed by atoms with E-state index in [2.05, 4.69) is 0 Å². The van der Waals surface area contributed by atoms with Crippen LogP contribution in [0.5, 0.6) is 0 Å². The SMILES string of the molecule is Cc1ccc2c(c1)SCC(=O)N2O. The van der Waals surface area contributed by atoms with E-state index in [1.54, 1.807) is 6.07 Å². The van der Waals surface area contributed by atoms with Gasteiger partial charge in [0.15, 0.2) is 0 Å². The molecule has 0 radical (unpaired) electrons. The van der Waals surface area contributed by atoms with Crippen LogP contribution in [0, 0.1) is 6.92 Å². The Kier molecular flexibility index (Phi) is 2.01. The molecule has 0 fully saturated rings. The Bertz CT molecular complexity index is 365. The van der Waals surface area contributed by atoms with E-state index in [-0.39, 0.29) is 5.91 Å². The van der Waals surface area contributed by atoms with Gasteiger partial charge < -0.3 is 0 Å². The van der Waals surface area contributed by atoms with Gasteiger partial charge in [-0.3, -0.25) is 10.0 Å². The highest BCUT2D eigenvalue weighted by Crippen LogP contribution is 2.34. The summed E-state index contributed by atoms with van der Waals surface area (Å²) in [5, 5.41) is 10.1. The van der Waals surface area contributed by atoms with E-state index in [9.17, 15) is 10.0 Å². The maximum atomic E-state index is 11.1. The zero-order valence-electron chi connectivity index (χ0n) is 7.15. The van der Waals surface area contributed by atoms with E-state index < -0.39 is 0 Å². The summed E-state index contributed by atoms with van der Waals surface area (Å²) in [7, 11) is 0. The monoisotopic (exact) mass is 195 g/mol. The quantitative estimate of drug-likeness (QED) is 0.642. The number of hydrogen-bond acceptors (Lipinski definition) is 3. The number of carbonyl (C=O) groups is 1. The Labute approximate surface area is 80.3 Å². The van der Waals surface area contributed by atoms with Crippen LogP contribution in [0.4, 0.5) is 5.69 Å². The molecule has 1 aliphatic rings. The average Bonchev–Trinajstić information content (AvgIpc) is 2.12. The molecule has 0 aliphatic carbocycles. The van der Waals surface area contributed by atoms with Crippen molar-refractivity contribution in [1.82, 2.24) is 0 Å². The Morgan fingerprint density at radius 1 is 1.54 bits per heavy atom. The smallest absolute Gasteiger partial charge is 0.261 e. The summed E-state index contributed by atoms with van der Waals surface area (Å²) in [6, 6.07) is 5.60. The van der Waals surface area contributed by atoms with Crippen molar-refractivity contribution in [3.63, 3.8) is 0 Å². The van der Waals surface area contributed by atoms with E-state index in [1.807, 2.05) is 19.1 Å². The van der Waals surface area contributed by atoms with Gasteiger partial charge in [0.1, 0.15) is 0 Å². The van der Waals surface area contributed by atoms with Gasteiger partial charge in [0.25, 0.3) is 5.91 Å². The van der Waals surface area contributed by atoms with Crippen molar-refractivity contribution < 1.29 is 10.0 Å². The number of hydrogen-bond donors (Lipinski definition) is 1. The third-order valence-electron chi connectivity index (χ3n) is 1.93. The van der Waals surface area contributed by atoms with Crippen LogP contribution >= 0.6 is 11.8 Å². The van der Waals surface area contributed by atoms with Gasteiger partial charge in [0.05, 0.1) is 11.4 Å². The summed E-state index contributed by atoms with van der Waals surface area (Å²) < 4.78 is 0. The number of rotatable bonds is 0. The number of nitrogens with zero attached hydrogens (tertiary/aromatic N) is 1. The molecule has 0 saturated heterocycles. The van der Waals surface area contributed by atoms with Gasteiger partial charge in [-0.1, -0.05) is 6.07 Å². The zero-order chi connectivity index (χ0) is 9.42. The fourth-order valence-corrected chi connectivity index (χ4v) is 2.22. The summed E-state index contributed by atoms with van der Waals surface area (Å²) in [5.74, 6) is 0.0498. The number of thioether (sulfide) groups is 1. The maximum absolute atomic E-state index is 11.1. The van der Waals surface area contributed by atoms with Crippen LogP contribution in [-0.2, 0) is 4.79 Å². The van der Waals surface area contributed by atoms with Crippen molar-refractivity contribution in [2.45, 2.75) is 11.8 Å². The highest BCUT2D eigenvalue weighted by atomic mass is 32.2. The van der Waals surface area contributed by atoms with E-state index in [1.165, 1.54) is 11.8 Å². The first-order chi connectivity index (χ1) is 6.18. The number of anilines is 1. The molecule has 1 aliphatic heterocycles. The Balaban J connectivity index is 2.49. The lowest BCUT2D eigenvalue weighted by Gasteiger charge is -2.22. The fraction of sp³-hybridized carbons (Fsp3) is 0.222. The third kappa shape index (κ3) is 1.43. The lowest BCUT2D eigenvalue weighted by Crippen LogP contribution is -2.31. The lowest BCUT2D eigenvalue weighted by molar-refractivity contribution is -0.121. The van der Waals surface area contributed by atoms with E-state index in [4.69, 9.17) is 0 Å². The van der Waals surface area contributed by atoms with E-state index in [0.717, 1.165) is 15.5 Å². The lowest BCUT2D eigenvalue weighted by atomic mass is 10.2. The molecule has 0 saturated carbocycles. The second kappa shape index (κ2) is 3.05. The van der Waals surface area contributed by atoms with Crippen molar-refractivity contribution in [3.05, 3.63) is 23.8 Å². The third-order valence-corrected chi connectivity index (χ3v) is 2.96. The van der Waals surface area contributed by atoms with E-state index >= 15 is 0 Å². The molecule has 1 N–H and O–H groups in total. The molecule has 68 valence electrons. The molecular formula is C9H9NO2S. The minimum absolute atomic E-state index is 0.263. The molecule has 1 aromatic carbocycles. The van der Waals surface area contributed by atoms with Crippen LogP contribution in [0.3, 0.4) is 0 Å². The predicted molar refractivity (Wildman–Crippen MR) is 51.2 cm³/mol. The number of amides is 1. The molecule has 0 unspecified atom stereocenters. The van der Waals surface area contributed by atoms with Crippen molar-refractivity contribution in [1.29, 1.82) is 0 Å². The number of hydroxylamine groups is 1. The van der Waals surface area contributed by atoms with Crippen LogP contribution in [0.1, 0.15) is 5.56 Å². The first-order valence-corrected chi connectivity index (χ1v) is 4.92. The molecule has 4 heteroatoms. The second-order valence-electron chi connectivity index (χ2n) is 2.97. The first kappa shape index (κ1) is 8.59. The predicted octanol–water partition coefficient (Wildman–Crippen LogP) is 1.82. The van der Waals surface area contributed by atoms with Crippen molar-refractivity contribution >= 4 is 23.4 Å². The first-order valence-electron chi connectivity index (χ1n) is 3.94. The van der Waals surface area contributed by atoms with Crippen molar-refractivity contribution in [2.24, 2.45) is 0 Å². The highest BCUT2D eigenvalue weighted by Gasteiger charge is 2.22. The molecule has 3 nitrogen and oxygen atoms in total. The van der Waals surface area contributed by atoms with Crippen molar-refractivity contribution in [2.75, 3.05) is 10.8 Å². The fourth-order valence-electron chi connectivity index (χ4n) is 1.25. The maximum Gasteiger partial charge on any atom is 0.261 e. The topological polar surface area (TPSA) is 40.5 Å². The van der Waals surface area contributed by atoms with Gasteiger partial charge >= 0.3 is 0 Å². The molecule has 0 atom stereocenters.